The van der Waals surface area contributed by atoms with Gasteiger partial charge in [-0.1, -0.05) is 51.5 Å². The molecule has 4 rings (SSSR count). The van der Waals surface area contributed by atoms with Gasteiger partial charge < -0.3 is 10.2 Å². The molecule has 34 heavy (non-hydrogen) atoms. The number of benzene rings is 1. The molecule has 6 nitrogen and oxygen atoms in total. The van der Waals surface area contributed by atoms with Gasteiger partial charge in [-0.05, 0) is 61.3 Å². The van der Waals surface area contributed by atoms with Crippen LogP contribution in [-0.4, -0.2) is 39.6 Å². The molecule has 0 unspecified atom stereocenters. The first-order chi connectivity index (χ1) is 16.3. The zero-order valence-corrected chi connectivity index (χ0v) is 20.8. The molecule has 1 aromatic heterocycles. The number of piperazine rings is 1. The monoisotopic (exact) mass is 461 g/mol. The van der Waals surface area contributed by atoms with Crippen molar-refractivity contribution >= 4 is 17.6 Å². The van der Waals surface area contributed by atoms with E-state index in [0.29, 0.717) is 5.56 Å². The van der Waals surface area contributed by atoms with Gasteiger partial charge in [-0.15, -0.1) is 0 Å². The fourth-order valence-electron chi connectivity index (χ4n) is 5.58. The van der Waals surface area contributed by atoms with Gasteiger partial charge in [0.05, 0.1) is 0 Å². The van der Waals surface area contributed by atoms with E-state index in [9.17, 15) is 14.4 Å². The van der Waals surface area contributed by atoms with Gasteiger partial charge >= 0.3 is 0 Å². The fourth-order valence-corrected chi connectivity index (χ4v) is 5.58. The lowest BCUT2D eigenvalue weighted by Gasteiger charge is -2.46. The number of amides is 2. The Morgan fingerprint density at radius 1 is 1.15 bits per heavy atom. The first-order valence-electron chi connectivity index (χ1n) is 12.4. The Morgan fingerprint density at radius 3 is 2.35 bits per heavy atom. The number of Topliss-reactive ketones (excluding diaryl/α,β-unsaturated/α-hetero) is 1. The zero-order chi connectivity index (χ0) is 24.6. The number of aryl methyl sites for hydroxylation is 2. The normalized spacial score (nSPS) is 22.3. The molecular formula is C28H35N3O3. The van der Waals surface area contributed by atoms with Gasteiger partial charge in [-0.25, -0.2) is 0 Å². The SMILES string of the molecule is CCC(=O)[C@@H](c1cnc(C)cc1C)N1C(=O)[C@@H](C2Cc3ccccc3C2)NC(=O)[C@H]1[C@@H](C)CC. The Labute approximate surface area is 202 Å². The standard InChI is InChI=1S/C28H35N3O3/c1-6-16(3)25-27(33)30-24(21-13-19-10-8-9-11-20(19)14-21)28(34)31(25)26(23(32)7-2)22-15-29-18(5)12-17(22)4/h8-12,15-16,21,24-26H,6-7,13-14H2,1-5H3,(H,30,33)/t16-,24+,25+,26+/m0/s1. The van der Waals surface area contributed by atoms with Gasteiger partial charge in [0.2, 0.25) is 11.8 Å². The van der Waals surface area contributed by atoms with E-state index in [1.165, 1.54) is 11.1 Å². The Balaban J connectivity index is 1.78. The quantitative estimate of drug-likeness (QED) is 0.679. The summed E-state index contributed by atoms with van der Waals surface area (Å²) < 4.78 is 0. The number of ketones is 1. The Kier molecular flexibility index (Phi) is 6.87. The lowest BCUT2D eigenvalue weighted by atomic mass is 9.84. The lowest BCUT2D eigenvalue weighted by Crippen LogP contribution is -2.68. The topological polar surface area (TPSA) is 79.4 Å². The van der Waals surface area contributed by atoms with E-state index in [4.69, 9.17) is 0 Å². The number of fused-ring (bicyclic) bond motifs is 1. The maximum atomic E-state index is 14.2. The van der Waals surface area contributed by atoms with E-state index in [0.717, 1.165) is 30.5 Å². The maximum Gasteiger partial charge on any atom is 0.247 e. The molecule has 2 amide bonds. The number of nitrogens with zero attached hydrogens (tertiary/aromatic N) is 2. The van der Waals surface area contributed by atoms with E-state index in [2.05, 4.69) is 22.4 Å². The molecule has 1 aliphatic carbocycles. The van der Waals surface area contributed by atoms with Crippen LogP contribution in [0, 0.1) is 25.7 Å². The highest BCUT2D eigenvalue weighted by Gasteiger charge is 2.50. The van der Waals surface area contributed by atoms with Crippen molar-refractivity contribution in [2.75, 3.05) is 0 Å². The number of carbonyl (C=O) groups is 3. The highest BCUT2D eigenvalue weighted by Crippen LogP contribution is 2.37. The predicted molar refractivity (Wildman–Crippen MR) is 131 cm³/mol. The van der Waals surface area contributed by atoms with Gasteiger partial charge in [-0.2, -0.15) is 0 Å². The highest BCUT2D eigenvalue weighted by molar-refractivity contribution is 6.01. The number of hydrogen-bond donors (Lipinski definition) is 1. The van der Waals surface area contributed by atoms with Gasteiger partial charge in [0.15, 0.2) is 5.78 Å². The number of pyridine rings is 1. The number of hydrogen-bond acceptors (Lipinski definition) is 4. The molecule has 0 radical (unpaired) electrons. The molecule has 0 bridgehead atoms. The van der Waals surface area contributed by atoms with Crippen LogP contribution >= 0.6 is 0 Å². The van der Waals surface area contributed by atoms with E-state index in [1.807, 2.05) is 52.8 Å². The molecule has 1 aliphatic heterocycles. The summed E-state index contributed by atoms with van der Waals surface area (Å²) in [5.74, 6) is -0.505. The molecule has 6 heteroatoms. The predicted octanol–water partition coefficient (Wildman–Crippen LogP) is 3.88. The van der Waals surface area contributed by atoms with Crippen LogP contribution in [0.4, 0.5) is 0 Å². The summed E-state index contributed by atoms with van der Waals surface area (Å²) in [4.78, 5) is 47.2. The van der Waals surface area contributed by atoms with Gasteiger partial charge in [0.25, 0.3) is 0 Å². The Hall–Kier alpha value is -3.02. The molecule has 1 N–H and O–H groups in total. The largest absolute Gasteiger partial charge is 0.342 e. The number of aromatic nitrogens is 1. The summed E-state index contributed by atoms with van der Waals surface area (Å²) in [6.45, 7) is 9.64. The first kappa shape index (κ1) is 24.1. The summed E-state index contributed by atoms with van der Waals surface area (Å²) in [5.41, 5.74) is 4.93. The second-order valence-corrected chi connectivity index (χ2v) is 9.90. The van der Waals surface area contributed by atoms with Crippen LogP contribution in [0.15, 0.2) is 36.5 Å². The van der Waals surface area contributed by atoms with Crippen molar-refractivity contribution in [1.29, 1.82) is 0 Å². The molecule has 1 aromatic carbocycles. The van der Waals surface area contributed by atoms with Gasteiger partial charge in [0, 0.05) is 23.9 Å². The number of carbonyl (C=O) groups excluding carboxylic acids is 3. The smallest absolute Gasteiger partial charge is 0.247 e. The highest BCUT2D eigenvalue weighted by atomic mass is 16.2. The van der Waals surface area contributed by atoms with E-state index in [-0.39, 0.29) is 35.9 Å². The summed E-state index contributed by atoms with van der Waals surface area (Å²) in [6, 6.07) is 7.98. The Bertz CT molecular complexity index is 1090. The van der Waals surface area contributed by atoms with Crippen LogP contribution in [0.1, 0.15) is 67.6 Å². The molecule has 0 saturated carbocycles. The van der Waals surface area contributed by atoms with Crippen molar-refractivity contribution in [3.8, 4) is 0 Å². The minimum atomic E-state index is -0.818. The molecule has 1 fully saturated rings. The van der Waals surface area contributed by atoms with Crippen molar-refractivity contribution in [3.05, 3.63) is 64.5 Å². The average molecular weight is 462 g/mol. The van der Waals surface area contributed by atoms with Crippen LogP contribution in [-0.2, 0) is 27.2 Å². The second-order valence-electron chi connectivity index (χ2n) is 9.90. The molecule has 1 saturated heterocycles. The third-order valence-corrected chi connectivity index (χ3v) is 7.64. The minimum Gasteiger partial charge on any atom is -0.342 e. The third-order valence-electron chi connectivity index (χ3n) is 7.64. The van der Waals surface area contributed by atoms with Crippen molar-refractivity contribution in [2.24, 2.45) is 11.8 Å². The number of rotatable bonds is 7. The van der Waals surface area contributed by atoms with Crippen LogP contribution in [0.5, 0.6) is 0 Å². The van der Waals surface area contributed by atoms with Gasteiger partial charge in [0.1, 0.15) is 18.1 Å². The third kappa shape index (κ3) is 4.26. The molecular weight excluding hydrogens is 426 g/mol. The summed E-state index contributed by atoms with van der Waals surface area (Å²) in [7, 11) is 0. The van der Waals surface area contributed by atoms with Crippen LogP contribution in [0.25, 0.3) is 0 Å². The summed E-state index contributed by atoms with van der Waals surface area (Å²) in [6.07, 6.45) is 4.19. The molecule has 4 atom stereocenters. The molecule has 0 spiro atoms. The van der Waals surface area contributed by atoms with Crippen LogP contribution in [0.3, 0.4) is 0 Å². The second kappa shape index (κ2) is 9.69. The van der Waals surface area contributed by atoms with Crippen molar-refractivity contribution in [3.63, 3.8) is 0 Å². The number of nitrogens with one attached hydrogen (secondary N) is 1. The van der Waals surface area contributed by atoms with E-state index >= 15 is 0 Å². The average Bonchev–Trinajstić information content (AvgIpc) is 3.25. The lowest BCUT2D eigenvalue weighted by molar-refractivity contribution is -0.159. The van der Waals surface area contributed by atoms with E-state index < -0.39 is 18.1 Å². The van der Waals surface area contributed by atoms with Crippen LogP contribution < -0.4 is 5.32 Å². The van der Waals surface area contributed by atoms with Gasteiger partial charge in [-0.3, -0.25) is 19.4 Å². The first-order valence-corrected chi connectivity index (χ1v) is 12.4. The summed E-state index contributed by atoms with van der Waals surface area (Å²) in [5, 5.41) is 3.07. The van der Waals surface area contributed by atoms with Crippen molar-refractivity contribution in [1.82, 2.24) is 15.2 Å². The molecule has 2 aliphatic rings. The fraction of sp³-hybridized carbons (Fsp3) is 0.500. The van der Waals surface area contributed by atoms with Crippen LogP contribution in [0.2, 0.25) is 0 Å². The minimum absolute atomic E-state index is 0.0242. The molecule has 2 aromatic rings. The summed E-state index contributed by atoms with van der Waals surface area (Å²) >= 11 is 0. The Morgan fingerprint density at radius 2 is 1.79 bits per heavy atom. The molecule has 2 heterocycles. The zero-order valence-electron chi connectivity index (χ0n) is 20.8. The van der Waals surface area contributed by atoms with Crippen molar-refractivity contribution in [2.45, 2.75) is 78.4 Å². The van der Waals surface area contributed by atoms with E-state index in [1.54, 1.807) is 11.1 Å². The maximum absolute atomic E-state index is 14.2. The molecule has 180 valence electrons. The van der Waals surface area contributed by atoms with Crippen molar-refractivity contribution < 1.29 is 14.4 Å².